The third kappa shape index (κ3) is 3.48. The molecule has 0 unspecified atom stereocenters. The average molecular weight is 472 g/mol. The van der Waals surface area contributed by atoms with Gasteiger partial charge >= 0.3 is 0 Å². The van der Waals surface area contributed by atoms with E-state index in [2.05, 4.69) is 21.2 Å². The number of hydrogen-bond donors (Lipinski definition) is 1. The topological polar surface area (TPSA) is 29.1 Å². The van der Waals surface area contributed by atoms with Crippen LogP contribution in [0.5, 0.6) is 0 Å². The molecule has 0 heterocycles. The van der Waals surface area contributed by atoms with E-state index in [0.717, 1.165) is 9.64 Å². The third-order valence-electron chi connectivity index (χ3n) is 2.43. The first-order chi connectivity index (χ1) is 9.38. The zero-order valence-corrected chi connectivity index (χ0v) is 14.2. The maximum atomic E-state index is 13.6. The van der Waals surface area contributed by atoms with E-state index in [1.54, 1.807) is 12.1 Å². The Morgan fingerprint density at radius 1 is 1.25 bits per heavy atom. The van der Waals surface area contributed by atoms with Crippen LogP contribution in [0.15, 0.2) is 34.8 Å². The second-order valence-corrected chi connectivity index (χ2v) is 6.25. The number of nitrogens with one attached hydrogen (secondary N) is 1. The lowest BCUT2D eigenvalue weighted by Crippen LogP contribution is -2.13. The molecule has 20 heavy (non-hydrogen) atoms. The lowest BCUT2D eigenvalue weighted by molar-refractivity contribution is 0.102. The number of halogens is 5. The molecule has 2 aromatic carbocycles. The highest BCUT2D eigenvalue weighted by molar-refractivity contribution is 14.1. The van der Waals surface area contributed by atoms with Crippen molar-refractivity contribution in [1.29, 1.82) is 0 Å². The number of carbonyl (C=O) groups excluding carboxylic acids is 1. The van der Waals surface area contributed by atoms with Gasteiger partial charge in [0, 0.05) is 19.7 Å². The van der Waals surface area contributed by atoms with Crippen molar-refractivity contribution in [2.45, 2.75) is 0 Å². The lowest BCUT2D eigenvalue weighted by atomic mass is 10.2. The summed E-state index contributed by atoms with van der Waals surface area (Å²) in [5.74, 6) is -2.12. The summed E-state index contributed by atoms with van der Waals surface area (Å²) in [7, 11) is 0. The van der Waals surface area contributed by atoms with E-state index in [0.29, 0.717) is 11.1 Å². The molecule has 0 atom stereocenters. The zero-order valence-electron chi connectivity index (χ0n) is 9.68. The molecule has 0 fully saturated rings. The van der Waals surface area contributed by atoms with Crippen molar-refractivity contribution >= 4 is 61.7 Å². The minimum absolute atomic E-state index is 0.119. The molecular weight excluding hydrogens is 466 g/mol. The van der Waals surface area contributed by atoms with E-state index >= 15 is 0 Å². The summed E-state index contributed by atoms with van der Waals surface area (Å²) < 4.78 is 27.5. The maximum absolute atomic E-state index is 13.6. The Bertz CT molecular complexity index is 673. The number of carbonyl (C=O) groups is 1. The van der Waals surface area contributed by atoms with Crippen molar-refractivity contribution < 1.29 is 13.6 Å². The van der Waals surface area contributed by atoms with E-state index in [1.807, 2.05) is 22.6 Å². The molecule has 0 saturated heterocycles. The van der Waals surface area contributed by atoms with Crippen molar-refractivity contribution in [2.24, 2.45) is 0 Å². The summed E-state index contributed by atoms with van der Waals surface area (Å²) in [6, 6.07) is 6.49. The minimum atomic E-state index is -0.859. The van der Waals surface area contributed by atoms with Gasteiger partial charge in [0.15, 0.2) is 5.82 Å². The predicted octanol–water partition coefficient (Wildman–Crippen LogP) is 5.24. The minimum Gasteiger partial charge on any atom is -0.319 e. The molecule has 0 aliphatic heterocycles. The highest BCUT2D eigenvalue weighted by Gasteiger charge is 2.14. The van der Waals surface area contributed by atoms with E-state index in [4.69, 9.17) is 11.6 Å². The Balaban J connectivity index is 2.30. The molecule has 2 rings (SSSR count). The van der Waals surface area contributed by atoms with Gasteiger partial charge in [0.25, 0.3) is 5.91 Å². The van der Waals surface area contributed by atoms with Gasteiger partial charge in [-0.25, -0.2) is 8.78 Å². The van der Waals surface area contributed by atoms with Crippen LogP contribution in [-0.4, -0.2) is 5.91 Å². The van der Waals surface area contributed by atoms with Crippen LogP contribution in [0.4, 0.5) is 14.5 Å². The van der Waals surface area contributed by atoms with Crippen LogP contribution in [0.1, 0.15) is 10.4 Å². The molecule has 0 spiro atoms. The number of amides is 1. The summed E-state index contributed by atoms with van der Waals surface area (Å²) >= 11 is 11.0. The fraction of sp³-hybridized carbons (Fsp3) is 0. The molecule has 0 aliphatic rings. The molecular formula is C13H6BrClF2INO. The number of rotatable bonds is 2. The SMILES string of the molecule is O=C(Nc1c(F)cc(F)cc1Br)c1ccc(I)c(Cl)c1. The molecule has 1 N–H and O–H groups in total. The van der Waals surface area contributed by atoms with Crippen LogP contribution in [0.2, 0.25) is 5.02 Å². The summed E-state index contributed by atoms with van der Waals surface area (Å²) in [6.07, 6.45) is 0. The maximum Gasteiger partial charge on any atom is 0.255 e. The fourth-order valence-corrected chi connectivity index (χ4v) is 2.51. The van der Waals surface area contributed by atoms with Gasteiger partial charge in [-0.2, -0.15) is 0 Å². The smallest absolute Gasteiger partial charge is 0.255 e. The van der Waals surface area contributed by atoms with Crippen molar-refractivity contribution in [3.8, 4) is 0 Å². The first-order valence-corrected chi connectivity index (χ1v) is 7.54. The van der Waals surface area contributed by atoms with Crippen LogP contribution >= 0.6 is 50.1 Å². The van der Waals surface area contributed by atoms with Gasteiger partial charge < -0.3 is 5.32 Å². The largest absolute Gasteiger partial charge is 0.319 e. The zero-order chi connectivity index (χ0) is 14.9. The number of hydrogen-bond acceptors (Lipinski definition) is 1. The fourth-order valence-electron chi connectivity index (χ4n) is 1.48. The molecule has 1 amide bonds. The first-order valence-electron chi connectivity index (χ1n) is 5.29. The summed E-state index contributed by atoms with van der Waals surface area (Å²) in [5, 5.41) is 2.81. The Hall–Kier alpha value is -0.730. The quantitative estimate of drug-likeness (QED) is 0.596. The van der Waals surface area contributed by atoms with Crippen molar-refractivity contribution in [1.82, 2.24) is 0 Å². The van der Waals surface area contributed by atoms with E-state index in [9.17, 15) is 13.6 Å². The van der Waals surface area contributed by atoms with Crippen LogP contribution in [0, 0.1) is 15.2 Å². The summed E-state index contributed by atoms with van der Waals surface area (Å²) in [6.45, 7) is 0. The second kappa shape index (κ2) is 6.36. The Labute approximate surface area is 140 Å². The van der Waals surface area contributed by atoms with E-state index < -0.39 is 17.5 Å². The molecule has 0 bridgehead atoms. The van der Waals surface area contributed by atoms with E-state index in [1.165, 1.54) is 6.07 Å². The van der Waals surface area contributed by atoms with Crippen molar-refractivity contribution in [3.63, 3.8) is 0 Å². The van der Waals surface area contributed by atoms with Gasteiger partial charge in [-0.05, 0) is 62.8 Å². The van der Waals surface area contributed by atoms with Crippen LogP contribution in [0.3, 0.4) is 0 Å². The van der Waals surface area contributed by atoms with Gasteiger partial charge in [0.1, 0.15) is 5.82 Å². The molecule has 7 heteroatoms. The van der Waals surface area contributed by atoms with E-state index in [-0.39, 0.29) is 15.7 Å². The van der Waals surface area contributed by atoms with Gasteiger partial charge in [-0.15, -0.1) is 0 Å². The van der Waals surface area contributed by atoms with Gasteiger partial charge in [0.2, 0.25) is 0 Å². The average Bonchev–Trinajstić information content (AvgIpc) is 2.36. The normalized spacial score (nSPS) is 10.4. The molecule has 0 aromatic heterocycles. The molecule has 0 saturated carbocycles. The number of anilines is 1. The van der Waals surface area contributed by atoms with Crippen LogP contribution < -0.4 is 5.32 Å². The van der Waals surface area contributed by atoms with Crippen LogP contribution in [0.25, 0.3) is 0 Å². The second-order valence-electron chi connectivity index (χ2n) is 3.83. The molecule has 2 aromatic rings. The monoisotopic (exact) mass is 471 g/mol. The Kier molecular flexibility index (Phi) is 4.98. The first kappa shape index (κ1) is 15.7. The van der Waals surface area contributed by atoms with Gasteiger partial charge in [-0.1, -0.05) is 11.6 Å². The highest BCUT2D eigenvalue weighted by atomic mass is 127. The van der Waals surface area contributed by atoms with Crippen LogP contribution in [-0.2, 0) is 0 Å². The summed E-state index contributed by atoms with van der Waals surface area (Å²) in [4.78, 5) is 12.0. The molecule has 104 valence electrons. The Morgan fingerprint density at radius 3 is 2.55 bits per heavy atom. The van der Waals surface area contributed by atoms with Crippen molar-refractivity contribution in [3.05, 3.63) is 60.6 Å². The molecule has 0 radical (unpaired) electrons. The molecule has 2 nitrogen and oxygen atoms in total. The van der Waals surface area contributed by atoms with Gasteiger partial charge in [0.05, 0.1) is 10.7 Å². The van der Waals surface area contributed by atoms with Crippen molar-refractivity contribution in [2.75, 3.05) is 5.32 Å². The van der Waals surface area contributed by atoms with Gasteiger partial charge in [-0.3, -0.25) is 4.79 Å². The highest BCUT2D eigenvalue weighted by Crippen LogP contribution is 2.28. The number of benzene rings is 2. The standard InChI is InChI=1S/C13H6BrClF2INO/c14-8-4-7(16)5-10(17)12(8)19-13(20)6-1-2-11(18)9(15)3-6/h1-5H,(H,19,20). The molecule has 0 aliphatic carbocycles. The third-order valence-corrected chi connectivity index (χ3v) is 4.62. The lowest BCUT2D eigenvalue weighted by Gasteiger charge is -2.09. The predicted molar refractivity (Wildman–Crippen MR) is 86.2 cm³/mol. The summed E-state index contributed by atoms with van der Waals surface area (Å²) in [5.41, 5.74) is 0.164. The Morgan fingerprint density at radius 2 is 1.95 bits per heavy atom.